The van der Waals surface area contributed by atoms with Crippen LogP contribution < -0.4 is 35.5 Å². The van der Waals surface area contributed by atoms with E-state index in [1.807, 2.05) is 140 Å². The number of nitrogens with one attached hydrogen (secondary N) is 4. The number of carbonyl (C=O) groups is 8. The van der Waals surface area contributed by atoms with Crippen molar-refractivity contribution in [2.75, 3.05) is 40.5 Å². The predicted molar refractivity (Wildman–Crippen MR) is 481 cm³/mol. The van der Waals surface area contributed by atoms with Gasteiger partial charge in [-0.15, -0.1) is 5.10 Å². The van der Waals surface area contributed by atoms with Crippen LogP contribution in [0.5, 0.6) is 28.7 Å². The summed E-state index contributed by atoms with van der Waals surface area (Å²) < 4.78 is 50.9. The first kappa shape index (κ1) is 97.8. The van der Waals surface area contributed by atoms with E-state index in [1.165, 1.54) is 25.5 Å². The molecule has 11 aromatic rings. The van der Waals surface area contributed by atoms with Gasteiger partial charge in [-0.05, 0) is 153 Å². The van der Waals surface area contributed by atoms with Crippen LogP contribution >= 0.6 is 25.1 Å². The highest BCUT2D eigenvalue weighted by atomic mass is 35.5. The molecule has 0 aliphatic carbocycles. The SMILES string of the molecule is CCCCC(=O)N(O)CCCC[C@H](NC(=O)[C@@H]1COC(c2ccccc2O)=N1)C(=O)O[C@@H](C)CC(=O)N[C@H]1CCCCN(O)C1=O.COc1ccc(CNC(=O)c2coc(-c3cccc(Cl)c3)n2)cc1OC.O=C(NCc1cn(Cc2cccc(O)c2)nn1)c1coc(-c2ccccc2)n1.O=C(OCc1ccccc1)[C@@H]1COC(c2ccccc2OCc2ccccc2)=N1.S. The molecule has 1 fully saturated rings. The molecule has 5 atom stereocenters. The number of aromatic hydroxyl groups is 2. The van der Waals surface area contributed by atoms with Crippen molar-refractivity contribution in [1.29, 1.82) is 0 Å². The third-order valence-corrected chi connectivity index (χ3v) is 20.1. The highest BCUT2D eigenvalue weighted by Crippen LogP contribution is 2.30. The molecular weight excluding hydrogens is 1710 g/mol. The number of aliphatic imine (C=N–C) groups is 2. The van der Waals surface area contributed by atoms with E-state index >= 15 is 0 Å². The van der Waals surface area contributed by atoms with E-state index in [0.29, 0.717) is 125 Å². The molecule has 0 bridgehead atoms. The fourth-order valence-corrected chi connectivity index (χ4v) is 13.3. The van der Waals surface area contributed by atoms with E-state index in [9.17, 15) is 59.0 Å². The maximum Gasteiger partial charge on any atom is 0.334 e. The number of phenols is 2. The quantitative estimate of drug-likeness (QED) is 0.00791. The number of esters is 2. The summed E-state index contributed by atoms with van der Waals surface area (Å²) in [6.07, 6.45) is 7.31. The molecule has 8 N–H and O–H groups in total. The Kier molecular flexibility index (Phi) is 37.8. The number of hydroxylamine groups is 4. The molecule has 34 nitrogen and oxygen atoms in total. The Morgan fingerprint density at radius 2 is 1.25 bits per heavy atom. The fraction of sp³-hybridized carbons (Fsp3) is 0.298. The molecule has 3 aliphatic rings. The van der Waals surface area contributed by atoms with Gasteiger partial charge in [0.25, 0.3) is 17.7 Å². The van der Waals surface area contributed by atoms with Crippen LogP contribution in [-0.2, 0) is 80.6 Å². The van der Waals surface area contributed by atoms with Crippen LogP contribution in [0, 0.1) is 0 Å². The van der Waals surface area contributed by atoms with Crippen molar-refractivity contribution in [2.45, 2.75) is 141 Å². The van der Waals surface area contributed by atoms with Gasteiger partial charge in [-0.1, -0.05) is 158 Å². The number of hydrogen-bond acceptors (Lipinski definition) is 27. The first-order valence-corrected chi connectivity index (χ1v) is 42.1. The molecule has 14 rings (SSSR count). The lowest BCUT2D eigenvalue weighted by molar-refractivity contribution is -0.167. The number of benzene rings is 8. The van der Waals surface area contributed by atoms with Crippen molar-refractivity contribution in [1.82, 2.24) is 56.4 Å². The monoisotopic (exact) mass is 1820 g/mol. The maximum atomic E-state index is 13.2. The van der Waals surface area contributed by atoms with E-state index in [0.717, 1.165) is 39.8 Å². The second kappa shape index (κ2) is 50.2. The summed E-state index contributed by atoms with van der Waals surface area (Å²) in [6, 6.07) is 58.5. The summed E-state index contributed by atoms with van der Waals surface area (Å²) in [4.78, 5) is 117. The van der Waals surface area contributed by atoms with Crippen molar-refractivity contribution in [3.05, 3.63) is 280 Å². The Hall–Kier alpha value is -14.4. The third-order valence-electron chi connectivity index (χ3n) is 19.9. The maximum absolute atomic E-state index is 13.2. The Labute approximate surface area is 761 Å². The Balaban J connectivity index is 0.000000185. The van der Waals surface area contributed by atoms with Crippen LogP contribution in [-0.4, -0.2) is 186 Å². The average molecular weight is 1820 g/mol. The standard InChI is InChI=1S/C31H45N5O10.C24H21NO4.C20H17N5O3.C19H17ClN2O4.H2S/c1-3-4-15-27(39)35(43)16-9-8-13-23(33-28(40)24-19-45-29(34-24)21-11-5-6-14-25(21)37)31(42)46-20(2)18-26(38)32-22-12-7-10-17-36(44)30(22)41;26-24(29-16-19-11-5-2-6-12-19)21-17-28-23(25-21)20-13-7-8-14-22(20)27-15-18-9-3-1-4-10-18;26-17-8-4-5-14(9-17)11-25-12-16(23-24-25)10-21-19(27)18-13-28-20(22-18)15-6-2-1-3-7-15;1-24-16-7-6-12(8-17(16)25-2)10-21-18(23)15-11-26-19(22-15)13-4-3-5-14(20)9-13;/h5-6,11,14,20,22-24,37,43-44H,3-4,7-10,12-13,15-19H2,1-2H3,(H,32,38)(H,33,40);1-14,21H,15-17H2;1-9,12-13,26H,10-11H2,(H,21,27);3-9,11H,10H2,1-2H3,(H,21,23);1H2/t20-,22-,23-,24-;21-;;;/m00.../s1. The van der Waals surface area contributed by atoms with Crippen LogP contribution in [0.4, 0.5) is 0 Å². The molecule has 0 spiro atoms. The summed E-state index contributed by atoms with van der Waals surface area (Å²) in [5, 5.41) is 60.1. The summed E-state index contributed by atoms with van der Waals surface area (Å²) in [5.41, 5.74) is 7.33. The van der Waals surface area contributed by atoms with Crippen LogP contribution in [0.15, 0.2) is 244 Å². The van der Waals surface area contributed by atoms with Gasteiger partial charge in [0.2, 0.25) is 41.3 Å². The van der Waals surface area contributed by atoms with Crippen molar-refractivity contribution < 1.29 is 101 Å². The molecule has 36 heteroatoms. The molecule has 130 heavy (non-hydrogen) atoms. The number of amides is 6. The lowest BCUT2D eigenvalue weighted by Gasteiger charge is -2.23. The van der Waals surface area contributed by atoms with Crippen molar-refractivity contribution in [3.8, 4) is 51.7 Å². The second-order valence-electron chi connectivity index (χ2n) is 29.7. The summed E-state index contributed by atoms with van der Waals surface area (Å²) in [6.45, 7) is 5.39. The Bertz CT molecular complexity index is 5630. The zero-order chi connectivity index (χ0) is 91.4. The molecular formula is C94H102ClN13O21S. The van der Waals surface area contributed by atoms with Gasteiger partial charge in [-0.3, -0.25) is 39.2 Å². The minimum Gasteiger partial charge on any atom is -0.508 e. The smallest absolute Gasteiger partial charge is 0.334 e. The number of hydrogen-bond donors (Lipinski definition) is 8. The number of halogens is 1. The van der Waals surface area contributed by atoms with Crippen LogP contribution in [0.3, 0.4) is 0 Å². The van der Waals surface area contributed by atoms with Gasteiger partial charge in [-0.2, -0.15) is 13.5 Å². The summed E-state index contributed by atoms with van der Waals surface area (Å²) in [7, 11) is 3.13. The van der Waals surface area contributed by atoms with Gasteiger partial charge in [0.15, 0.2) is 35.0 Å². The van der Waals surface area contributed by atoms with E-state index in [2.05, 4.69) is 51.5 Å². The molecule has 3 aromatic heterocycles. The Morgan fingerprint density at radius 1 is 0.638 bits per heavy atom. The molecule has 3 aliphatic heterocycles. The Morgan fingerprint density at radius 3 is 1.94 bits per heavy atom. The number of nitrogens with zero attached hydrogens (tertiary/aromatic N) is 9. The molecule has 1 saturated heterocycles. The molecule has 6 amide bonds. The highest BCUT2D eigenvalue weighted by Gasteiger charge is 2.35. The lowest BCUT2D eigenvalue weighted by atomic mass is 10.1. The number of aromatic nitrogens is 5. The number of ether oxygens (including phenoxy) is 7. The summed E-state index contributed by atoms with van der Waals surface area (Å²) >= 11 is 5.96. The average Bonchev–Trinajstić information content (AvgIpc) is 1.67. The number of rotatable bonds is 35. The predicted octanol–water partition coefficient (Wildman–Crippen LogP) is 12.6. The zero-order valence-corrected chi connectivity index (χ0v) is 73.6. The van der Waals surface area contributed by atoms with Gasteiger partial charge in [-0.25, -0.2) is 44.4 Å². The molecule has 682 valence electrons. The topological polar surface area (TPSA) is 444 Å². The number of oxazole rings is 2. The minimum absolute atomic E-state index is 0. The van der Waals surface area contributed by atoms with E-state index in [-0.39, 0.29) is 113 Å². The number of methoxy groups -OCH3 is 2. The number of carbonyl (C=O) groups excluding carboxylic acids is 8. The largest absolute Gasteiger partial charge is 0.508 e. The zero-order valence-electron chi connectivity index (χ0n) is 71.8. The van der Waals surface area contributed by atoms with Crippen molar-refractivity contribution in [3.63, 3.8) is 0 Å². The molecule has 0 saturated carbocycles. The summed E-state index contributed by atoms with van der Waals surface area (Å²) in [5.74, 6) is -0.797. The molecule has 6 heterocycles. The number of unbranched alkanes of at least 4 members (excludes halogenated alkanes) is 2. The number of phenolic OH excluding ortho intramolecular Hbond substituents is 2. The second-order valence-corrected chi connectivity index (χ2v) is 30.1. The van der Waals surface area contributed by atoms with Crippen molar-refractivity contribution >= 4 is 84.3 Å². The molecule has 0 radical (unpaired) electrons. The van der Waals surface area contributed by atoms with Crippen molar-refractivity contribution in [2.24, 2.45) is 9.98 Å². The first-order valence-electron chi connectivity index (χ1n) is 41.7. The fourth-order valence-electron chi connectivity index (χ4n) is 13.1. The first-order chi connectivity index (χ1) is 62.6. The van der Waals surface area contributed by atoms with Gasteiger partial charge in [0.05, 0.1) is 51.1 Å². The van der Waals surface area contributed by atoms with Gasteiger partial charge in [0, 0.05) is 42.2 Å². The van der Waals surface area contributed by atoms with E-state index in [4.69, 9.17) is 53.6 Å². The minimum atomic E-state index is -1.14. The highest BCUT2D eigenvalue weighted by molar-refractivity contribution is 7.59. The molecule has 8 aromatic carbocycles. The van der Waals surface area contributed by atoms with Crippen LogP contribution in [0.1, 0.15) is 138 Å². The van der Waals surface area contributed by atoms with Crippen LogP contribution in [0.25, 0.3) is 22.9 Å². The van der Waals surface area contributed by atoms with Gasteiger partial charge < -0.3 is 73.5 Å². The van der Waals surface area contributed by atoms with Gasteiger partial charge in [0.1, 0.15) is 80.1 Å². The van der Waals surface area contributed by atoms with Gasteiger partial charge >= 0.3 is 11.9 Å². The lowest BCUT2D eigenvalue weighted by Crippen LogP contribution is -2.48. The van der Waals surface area contributed by atoms with Crippen LogP contribution in [0.2, 0.25) is 5.02 Å². The van der Waals surface area contributed by atoms with E-state index < -0.39 is 65.8 Å². The normalized spacial score (nSPS) is 14.6. The number of para-hydroxylation sites is 2. The third kappa shape index (κ3) is 29.9. The molecule has 0 unspecified atom stereocenters. The van der Waals surface area contributed by atoms with E-state index in [1.54, 1.807) is 91.8 Å².